The molecule has 102 valence electrons. The Hall–Kier alpha value is -1.66. The van der Waals surface area contributed by atoms with Crippen molar-refractivity contribution in [2.45, 2.75) is 17.9 Å². The van der Waals surface area contributed by atoms with Gasteiger partial charge in [-0.1, -0.05) is 23.7 Å². The zero-order valence-electron chi connectivity index (χ0n) is 9.91. The van der Waals surface area contributed by atoms with Crippen LogP contribution in [0.2, 0.25) is 5.02 Å². The van der Waals surface area contributed by atoms with Crippen molar-refractivity contribution in [1.82, 2.24) is 0 Å². The molecule has 0 amide bonds. The largest absolute Gasteiger partial charge is 0.481 e. The fourth-order valence-corrected chi connectivity index (χ4v) is 2.18. The van der Waals surface area contributed by atoms with Gasteiger partial charge in [0.1, 0.15) is 13.2 Å². The molecule has 1 aliphatic rings. The van der Waals surface area contributed by atoms with E-state index in [1.54, 1.807) is 24.3 Å². The number of carboxylic acid groups (broad SMARTS) is 1. The molecule has 6 nitrogen and oxygen atoms in total. The zero-order chi connectivity index (χ0) is 14.0. The SMILES string of the molecule is O=C(O)C(CC1([N+](=O)[O-])COC1)c1ccc(Cl)cc1. The Morgan fingerprint density at radius 2 is 2.05 bits per heavy atom. The molecule has 2 rings (SSSR count). The molecule has 0 spiro atoms. The molecule has 0 saturated carbocycles. The number of nitro groups is 1. The highest BCUT2D eigenvalue weighted by Gasteiger charge is 2.53. The lowest BCUT2D eigenvalue weighted by atomic mass is 9.82. The van der Waals surface area contributed by atoms with Gasteiger partial charge in [-0.05, 0) is 17.7 Å². The number of hydrogen-bond acceptors (Lipinski definition) is 4. The lowest BCUT2D eigenvalue weighted by Gasteiger charge is -2.34. The molecule has 1 heterocycles. The molecule has 1 aromatic rings. The second-order valence-electron chi connectivity index (χ2n) is 4.62. The number of nitrogens with zero attached hydrogens (tertiary/aromatic N) is 1. The van der Waals surface area contributed by atoms with Gasteiger partial charge < -0.3 is 9.84 Å². The van der Waals surface area contributed by atoms with Crippen molar-refractivity contribution in [1.29, 1.82) is 0 Å². The van der Waals surface area contributed by atoms with Crippen molar-refractivity contribution >= 4 is 17.6 Å². The summed E-state index contributed by atoms with van der Waals surface area (Å²) in [6.07, 6.45) is -0.0863. The Morgan fingerprint density at radius 3 is 2.42 bits per heavy atom. The predicted octanol–water partition coefficient (Wildman–Crippen LogP) is 1.94. The number of ether oxygens (including phenoxy) is 1. The van der Waals surface area contributed by atoms with Crippen LogP contribution in [0.3, 0.4) is 0 Å². The maximum atomic E-state index is 11.3. The molecule has 1 aromatic carbocycles. The second-order valence-corrected chi connectivity index (χ2v) is 5.06. The average molecular weight is 286 g/mol. The number of carboxylic acids is 1. The van der Waals surface area contributed by atoms with Gasteiger partial charge in [0.05, 0.1) is 5.92 Å². The molecule has 0 radical (unpaired) electrons. The van der Waals surface area contributed by atoms with E-state index in [4.69, 9.17) is 16.3 Å². The summed E-state index contributed by atoms with van der Waals surface area (Å²) >= 11 is 5.74. The molecule has 0 aliphatic carbocycles. The summed E-state index contributed by atoms with van der Waals surface area (Å²) < 4.78 is 4.88. The monoisotopic (exact) mass is 285 g/mol. The molecule has 1 atom stereocenters. The molecule has 0 aromatic heterocycles. The first kappa shape index (κ1) is 13.8. The number of rotatable bonds is 5. The summed E-state index contributed by atoms with van der Waals surface area (Å²) in [5, 5.41) is 20.8. The van der Waals surface area contributed by atoms with Crippen LogP contribution in [0.1, 0.15) is 17.9 Å². The Balaban J connectivity index is 2.24. The standard InChI is InChI=1S/C12H12ClNO5/c13-9-3-1-8(2-4-9)10(11(15)16)5-12(14(17)18)6-19-7-12/h1-4,10H,5-7H2,(H,15,16). The van der Waals surface area contributed by atoms with Crippen LogP contribution < -0.4 is 0 Å². The average Bonchev–Trinajstić information content (AvgIpc) is 2.29. The van der Waals surface area contributed by atoms with E-state index in [9.17, 15) is 20.0 Å². The van der Waals surface area contributed by atoms with E-state index in [1.807, 2.05) is 0 Å². The minimum Gasteiger partial charge on any atom is -0.481 e. The van der Waals surface area contributed by atoms with Crippen molar-refractivity contribution in [2.75, 3.05) is 13.2 Å². The van der Waals surface area contributed by atoms with Crippen molar-refractivity contribution in [3.8, 4) is 0 Å². The van der Waals surface area contributed by atoms with E-state index in [2.05, 4.69) is 0 Å². The van der Waals surface area contributed by atoms with Gasteiger partial charge in [-0.15, -0.1) is 0 Å². The predicted molar refractivity (Wildman–Crippen MR) is 67.0 cm³/mol. The van der Waals surface area contributed by atoms with Gasteiger partial charge in [0.2, 0.25) is 0 Å². The molecule has 0 bridgehead atoms. The van der Waals surface area contributed by atoms with Crippen LogP contribution in [0.25, 0.3) is 0 Å². The molecular formula is C12H12ClNO5. The minimum absolute atomic E-state index is 0.0443. The summed E-state index contributed by atoms with van der Waals surface area (Å²) in [4.78, 5) is 21.9. The number of benzene rings is 1. The van der Waals surface area contributed by atoms with Crippen LogP contribution in [0.15, 0.2) is 24.3 Å². The lowest BCUT2D eigenvalue weighted by Crippen LogP contribution is -2.57. The van der Waals surface area contributed by atoms with Gasteiger partial charge in [0.15, 0.2) is 0 Å². The van der Waals surface area contributed by atoms with Gasteiger partial charge in [0, 0.05) is 16.4 Å². The second kappa shape index (κ2) is 5.14. The maximum Gasteiger partial charge on any atom is 0.311 e. The van der Waals surface area contributed by atoms with Crippen LogP contribution >= 0.6 is 11.6 Å². The molecule has 7 heteroatoms. The van der Waals surface area contributed by atoms with Crippen LogP contribution in [0.5, 0.6) is 0 Å². The van der Waals surface area contributed by atoms with Gasteiger partial charge in [0.25, 0.3) is 5.54 Å². The van der Waals surface area contributed by atoms with Crippen LogP contribution in [-0.4, -0.2) is 34.8 Å². The lowest BCUT2D eigenvalue weighted by molar-refractivity contribution is -0.604. The Bertz CT molecular complexity index is 497. The highest BCUT2D eigenvalue weighted by atomic mass is 35.5. The first-order valence-electron chi connectivity index (χ1n) is 5.65. The normalized spacial score (nSPS) is 18.4. The van der Waals surface area contributed by atoms with E-state index in [0.717, 1.165) is 0 Å². The number of carbonyl (C=O) groups is 1. The first-order valence-corrected chi connectivity index (χ1v) is 6.03. The summed E-state index contributed by atoms with van der Waals surface area (Å²) in [5.41, 5.74) is -0.784. The molecular weight excluding hydrogens is 274 g/mol. The van der Waals surface area contributed by atoms with Crippen molar-refractivity contribution in [2.24, 2.45) is 0 Å². The molecule has 1 aliphatic heterocycles. The molecule has 1 N–H and O–H groups in total. The molecule has 1 unspecified atom stereocenters. The Labute approximate surface area is 114 Å². The van der Waals surface area contributed by atoms with Gasteiger partial charge in [-0.3, -0.25) is 14.9 Å². The van der Waals surface area contributed by atoms with Gasteiger partial charge in [-0.2, -0.15) is 0 Å². The van der Waals surface area contributed by atoms with Crippen LogP contribution in [-0.2, 0) is 9.53 Å². The maximum absolute atomic E-state index is 11.3. The molecule has 1 saturated heterocycles. The third-order valence-electron chi connectivity index (χ3n) is 3.28. The summed E-state index contributed by atoms with van der Waals surface area (Å²) in [5.74, 6) is -2.03. The topological polar surface area (TPSA) is 89.7 Å². The summed E-state index contributed by atoms with van der Waals surface area (Å²) in [6, 6.07) is 6.30. The van der Waals surface area contributed by atoms with E-state index >= 15 is 0 Å². The number of hydrogen-bond donors (Lipinski definition) is 1. The first-order chi connectivity index (χ1) is 8.94. The molecule has 1 fully saturated rings. The van der Waals surface area contributed by atoms with E-state index in [0.29, 0.717) is 10.6 Å². The highest BCUT2D eigenvalue weighted by molar-refractivity contribution is 6.30. The zero-order valence-corrected chi connectivity index (χ0v) is 10.7. The van der Waals surface area contributed by atoms with Crippen molar-refractivity contribution in [3.05, 3.63) is 45.0 Å². The fraction of sp³-hybridized carbons (Fsp3) is 0.417. The third-order valence-corrected chi connectivity index (χ3v) is 3.54. The fourth-order valence-electron chi connectivity index (χ4n) is 2.06. The van der Waals surface area contributed by atoms with E-state index in [-0.39, 0.29) is 19.6 Å². The smallest absolute Gasteiger partial charge is 0.311 e. The summed E-state index contributed by atoms with van der Waals surface area (Å²) in [7, 11) is 0. The van der Waals surface area contributed by atoms with Crippen molar-refractivity contribution in [3.63, 3.8) is 0 Å². The quantitative estimate of drug-likeness (QED) is 0.659. The third kappa shape index (κ3) is 2.69. The van der Waals surface area contributed by atoms with Crippen LogP contribution in [0, 0.1) is 10.1 Å². The highest BCUT2D eigenvalue weighted by Crippen LogP contribution is 2.34. The van der Waals surface area contributed by atoms with Gasteiger partial charge >= 0.3 is 5.97 Å². The van der Waals surface area contributed by atoms with E-state index in [1.165, 1.54) is 0 Å². The minimum atomic E-state index is -1.29. The number of halogens is 1. The Morgan fingerprint density at radius 1 is 1.47 bits per heavy atom. The van der Waals surface area contributed by atoms with Crippen molar-refractivity contribution < 1.29 is 19.6 Å². The molecule has 19 heavy (non-hydrogen) atoms. The summed E-state index contributed by atoms with van der Waals surface area (Å²) in [6.45, 7) is -0.0886. The number of aliphatic carboxylic acids is 1. The van der Waals surface area contributed by atoms with Gasteiger partial charge in [-0.25, -0.2) is 0 Å². The van der Waals surface area contributed by atoms with E-state index < -0.39 is 22.3 Å². The Kier molecular flexibility index (Phi) is 3.73. The van der Waals surface area contributed by atoms with Crippen LogP contribution in [0.4, 0.5) is 0 Å².